The average molecular weight is 173 g/mol. The van der Waals surface area contributed by atoms with Crippen molar-refractivity contribution in [2.45, 2.75) is 0 Å². The number of carbonyl (C=O) groups is 1. The van der Waals surface area contributed by atoms with Gasteiger partial charge in [0.15, 0.2) is 0 Å². The number of carboxylic acid groups (broad SMARTS) is 1. The van der Waals surface area contributed by atoms with Crippen LogP contribution in [0, 0.1) is 0 Å². The van der Waals surface area contributed by atoms with Gasteiger partial charge in [-0.2, -0.15) is 0 Å². The highest BCUT2D eigenvalue weighted by Crippen LogP contribution is 1.98. The molecule has 0 aliphatic carbocycles. The number of halogens is 2. The van der Waals surface area contributed by atoms with E-state index in [0.29, 0.717) is 0 Å². The highest BCUT2D eigenvalue weighted by Gasteiger charge is 1.82. The average Bonchev–Trinajstić information content (AvgIpc) is 1.65. The second-order valence-corrected chi connectivity index (χ2v) is 2.00. The highest BCUT2D eigenvalue weighted by atomic mass is 35.5. The molecule has 0 aliphatic rings. The van der Waals surface area contributed by atoms with Crippen LogP contribution < -0.4 is 0 Å². The number of hydrogen-bond acceptors (Lipinski definition) is 2. The second kappa shape index (κ2) is 7.75. The maximum Gasteiger partial charge on any atom is 0.329 e. The summed E-state index contributed by atoms with van der Waals surface area (Å²) in [6, 6.07) is 0. The molecule has 2 N–H and O–H groups in total. The van der Waals surface area contributed by atoms with Gasteiger partial charge in [0.1, 0.15) is 6.61 Å². The molecule has 0 spiro atoms. The molecular weight excluding hydrogens is 167 g/mol. The van der Waals surface area contributed by atoms with Gasteiger partial charge in [-0.25, -0.2) is 4.79 Å². The summed E-state index contributed by atoms with van der Waals surface area (Å²) in [5.74, 6) is -1.19. The molecule has 54 valence electrons. The van der Waals surface area contributed by atoms with E-state index in [4.69, 9.17) is 38.2 Å². The minimum atomic E-state index is -1.19. The Labute approximate surface area is 62.5 Å². The summed E-state index contributed by atoms with van der Waals surface area (Å²) in [6.07, 6.45) is 0. The summed E-state index contributed by atoms with van der Waals surface area (Å²) >= 11 is 9.69. The molecule has 0 radical (unpaired) electrons. The molecular formula is C4H6Cl2O3. The Bertz CT molecular complexity index is 98.0. The molecule has 0 fully saturated rings. The van der Waals surface area contributed by atoms with E-state index in [1.165, 1.54) is 0 Å². The summed E-state index contributed by atoms with van der Waals surface area (Å²) < 4.78 is 0.111. The van der Waals surface area contributed by atoms with E-state index in [-0.39, 0.29) is 4.49 Å². The Morgan fingerprint density at radius 3 is 1.67 bits per heavy atom. The lowest BCUT2D eigenvalue weighted by Gasteiger charge is -1.72. The van der Waals surface area contributed by atoms with E-state index in [1.54, 1.807) is 0 Å². The maximum absolute atomic E-state index is 9.12. The first-order chi connectivity index (χ1) is 4.00. The first-order valence-electron chi connectivity index (χ1n) is 1.83. The molecule has 0 saturated carbocycles. The van der Waals surface area contributed by atoms with Gasteiger partial charge in [-0.3, -0.25) is 0 Å². The van der Waals surface area contributed by atoms with Crippen LogP contribution in [0.3, 0.4) is 0 Å². The fourth-order valence-corrected chi connectivity index (χ4v) is 0. The molecule has 0 saturated heterocycles. The minimum Gasteiger partial charge on any atom is -0.480 e. The van der Waals surface area contributed by atoms with Crippen LogP contribution in [0.15, 0.2) is 11.1 Å². The zero-order chi connectivity index (χ0) is 7.86. The molecule has 0 aromatic heterocycles. The van der Waals surface area contributed by atoms with Crippen LogP contribution in [0.5, 0.6) is 0 Å². The van der Waals surface area contributed by atoms with E-state index in [2.05, 4.69) is 6.58 Å². The van der Waals surface area contributed by atoms with Crippen molar-refractivity contribution in [3.05, 3.63) is 11.1 Å². The van der Waals surface area contributed by atoms with Gasteiger partial charge in [0, 0.05) is 0 Å². The molecule has 0 heterocycles. The predicted octanol–water partition coefficient (Wildman–Crippen LogP) is 0.998. The molecule has 0 atom stereocenters. The van der Waals surface area contributed by atoms with Gasteiger partial charge in [0.2, 0.25) is 0 Å². The van der Waals surface area contributed by atoms with E-state index >= 15 is 0 Å². The lowest BCUT2D eigenvalue weighted by atomic mass is 10.8. The SMILES string of the molecule is C=C(Cl)Cl.O=C(O)CO. The largest absolute Gasteiger partial charge is 0.480 e. The Hall–Kier alpha value is -0.250. The Morgan fingerprint density at radius 2 is 1.67 bits per heavy atom. The monoisotopic (exact) mass is 172 g/mol. The highest BCUT2D eigenvalue weighted by molar-refractivity contribution is 6.55. The number of rotatable bonds is 1. The molecule has 0 aliphatic heterocycles. The molecule has 0 bridgehead atoms. The van der Waals surface area contributed by atoms with Crippen LogP contribution in [-0.4, -0.2) is 22.8 Å². The van der Waals surface area contributed by atoms with Crippen molar-refractivity contribution < 1.29 is 15.0 Å². The Kier molecular flexibility index (Phi) is 9.93. The number of aliphatic hydroxyl groups excluding tert-OH is 1. The molecule has 0 amide bonds. The maximum atomic E-state index is 9.12. The Balaban J connectivity index is 0. The number of carboxylic acids is 1. The quantitative estimate of drug-likeness (QED) is 0.621. The van der Waals surface area contributed by atoms with Gasteiger partial charge in [-0.05, 0) is 0 Å². The fraction of sp³-hybridized carbons (Fsp3) is 0.250. The van der Waals surface area contributed by atoms with Gasteiger partial charge >= 0.3 is 5.97 Å². The molecule has 3 nitrogen and oxygen atoms in total. The van der Waals surface area contributed by atoms with E-state index in [1.807, 2.05) is 0 Å². The zero-order valence-electron chi connectivity index (χ0n) is 4.47. The van der Waals surface area contributed by atoms with Crippen LogP contribution in [0.25, 0.3) is 0 Å². The first-order valence-corrected chi connectivity index (χ1v) is 2.58. The van der Waals surface area contributed by atoms with Crippen LogP contribution >= 0.6 is 23.2 Å². The molecule has 9 heavy (non-hydrogen) atoms. The minimum absolute atomic E-state index is 0.111. The van der Waals surface area contributed by atoms with Crippen LogP contribution in [0.2, 0.25) is 0 Å². The van der Waals surface area contributed by atoms with E-state index < -0.39 is 12.6 Å². The predicted molar refractivity (Wildman–Crippen MR) is 35.6 cm³/mol. The fourth-order valence-electron chi connectivity index (χ4n) is 0. The van der Waals surface area contributed by atoms with Crippen LogP contribution in [0.1, 0.15) is 0 Å². The van der Waals surface area contributed by atoms with Crippen molar-refractivity contribution in [2.24, 2.45) is 0 Å². The summed E-state index contributed by atoms with van der Waals surface area (Å²) in [5, 5.41) is 15.0. The lowest BCUT2D eigenvalue weighted by Crippen LogP contribution is -1.98. The van der Waals surface area contributed by atoms with Gasteiger partial charge in [-0.1, -0.05) is 29.8 Å². The summed E-state index contributed by atoms with van der Waals surface area (Å²) in [4.78, 5) is 9.12. The van der Waals surface area contributed by atoms with Crippen molar-refractivity contribution in [2.75, 3.05) is 6.61 Å². The van der Waals surface area contributed by atoms with Crippen molar-refractivity contribution in [1.82, 2.24) is 0 Å². The standard InChI is InChI=1S/C2H2Cl2.C2H4O3/c1-2(3)4;3-1-2(4)5/h1H2;3H,1H2,(H,4,5). The third-order valence-electron chi connectivity index (χ3n) is 0.135. The van der Waals surface area contributed by atoms with Crippen molar-refractivity contribution in [3.8, 4) is 0 Å². The molecule has 0 unspecified atom stereocenters. The third kappa shape index (κ3) is 83.7. The smallest absolute Gasteiger partial charge is 0.329 e. The number of hydrogen-bond donors (Lipinski definition) is 2. The van der Waals surface area contributed by atoms with Crippen molar-refractivity contribution in [1.29, 1.82) is 0 Å². The normalized spacial score (nSPS) is 7.00. The summed E-state index contributed by atoms with van der Waals surface area (Å²) in [5.41, 5.74) is 0. The van der Waals surface area contributed by atoms with Crippen molar-refractivity contribution in [3.63, 3.8) is 0 Å². The lowest BCUT2D eigenvalue weighted by molar-refractivity contribution is -0.140. The van der Waals surface area contributed by atoms with Crippen LogP contribution in [0.4, 0.5) is 0 Å². The molecule has 0 rings (SSSR count). The molecule has 0 aromatic rings. The topological polar surface area (TPSA) is 57.5 Å². The second-order valence-electron chi connectivity index (χ2n) is 0.891. The molecule has 5 heteroatoms. The van der Waals surface area contributed by atoms with Crippen molar-refractivity contribution >= 4 is 29.2 Å². The molecule has 0 aromatic carbocycles. The van der Waals surface area contributed by atoms with E-state index in [0.717, 1.165) is 0 Å². The van der Waals surface area contributed by atoms with E-state index in [9.17, 15) is 0 Å². The van der Waals surface area contributed by atoms with Gasteiger partial charge in [0.05, 0.1) is 4.49 Å². The van der Waals surface area contributed by atoms with Gasteiger partial charge < -0.3 is 10.2 Å². The van der Waals surface area contributed by atoms with Gasteiger partial charge in [-0.15, -0.1) is 0 Å². The summed E-state index contributed by atoms with van der Waals surface area (Å²) in [6.45, 7) is 2.31. The van der Waals surface area contributed by atoms with Gasteiger partial charge in [0.25, 0.3) is 0 Å². The number of aliphatic hydroxyl groups is 1. The zero-order valence-corrected chi connectivity index (χ0v) is 5.98. The first kappa shape index (κ1) is 11.5. The third-order valence-corrected chi connectivity index (χ3v) is 0.135. The summed E-state index contributed by atoms with van der Waals surface area (Å²) in [7, 11) is 0. The number of aliphatic carboxylic acids is 1. The Morgan fingerprint density at radius 1 is 1.56 bits per heavy atom. The van der Waals surface area contributed by atoms with Crippen LogP contribution in [-0.2, 0) is 4.79 Å².